The summed E-state index contributed by atoms with van der Waals surface area (Å²) in [6.07, 6.45) is 3.24. The lowest BCUT2D eigenvalue weighted by Gasteiger charge is -2.36. The summed E-state index contributed by atoms with van der Waals surface area (Å²) >= 11 is 0. The first-order valence-electron chi connectivity index (χ1n) is 8.89. The molecule has 0 radical (unpaired) electrons. The molecule has 7 nitrogen and oxygen atoms in total. The van der Waals surface area contributed by atoms with Crippen LogP contribution in [0.15, 0.2) is 18.3 Å². The second-order valence-electron chi connectivity index (χ2n) is 7.04. The average molecular weight is 346 g/mol. The van der Waals surface area contributed by atoms with E-state index in [0.717, 1.165) is 18.9 Å². The van der Waals surface area contributed by atoms with Gasteiger partial charge in [0, 0.05) is 38.3 Å². The molecule has 2 amide bonds. The van der Waals surface area contributed by atoms with E-state index in [1.807, 2.05) is 12.1 Å². The van der Waals surface area contributed by atoms with E-state index in [2.05, 4.69) is 23.7 Å². The minimum absolute atomic E-state index is 0.0364. The zero-order valence-electron chi connectivity index (χ0n) is 14.9. The van der Waals surface area contributed by atoms with Gasteiger partial charge in [-0.05, 0) is 38.8 Å². The van der Waals surface area contributed by atoms with Crippen molar-refractivity contribution in [3.05, 3.63) is 23.9 Å². The van der Waals surface area contributed by atoms with Crippen LogP contribution >= 0.6 is 0 Å². The molecule has 0 saturated carbocycles. The van der Waals surface area contributed by atoms with E-state index in [0.29, 0.717) is 31.5 Å². The standard InChI is InChI=1S/C18H26N4O3/c1-12-10-22(11-13(2)25-12)16-4-3-15(9-20-16)18(24)21-7-5-14(6-8-21)17(19)23/h3-4,9,12-14H,5-8,10-11H2,1-2H3,(H2,19,23). The molecule has 0 aliphatic carbocycles. The van der Waals surface area contributed by atoms with Gasteiger partial charge in [-0.1, -0.05) is 0 Å². The third-order valence-electron chi connectivity index (χ3n) is 4.92. The van der Waals surface area contributed by atoms with Gasteiger partial charge in [-0.3, -0.25) is 9.59 Å². The van der Waals surface area contributed by atoms with Gasteiger partial charge >= 0.3 is 0 Å². The van der Waals surface area contributed by atoms with Crippen LogP contribution in [0.1, 0.15) is 37.0 Å². The molecule has 136 valence electrons. The highest BCUT2D eigenvalue weighted by Gasteiger charge is 2.27. The van der Waals surface area contributed by atoms with E-state index < -0.39 is 0 Å². The van der Waals surface area contributed by atoms with E-state index in [1.165, 1.54) is 0 Å². The third-order valence-corrected chi connectivity index (χ3v) is 4.92. The van der Waals surface area contributed by atoms with Gasteiger partial charge in [0.25, 0.3) is 5.91 Å². The lowest BCUT2D eigenvalue weighted by Crippen LogP contribution is -2.45. The number of rotatable bonds is 3. The molecular formula is C18H26N4O3. The molecule has 3 rings (SSSR count). The van der Waals surface area contributed by atoms with Crippen molar-refractivity contribution < 1.29 is 14.3 Å². The van der Waals surface area contributed by atoms with E-state index in [4.69, 9.17) is 10.5 Å². The van der Waals surface area contributed by atoms with Gasteiger partial charge in [0.05, 0.1) is 17.8 Å². The Morgan fingerprint density at radius 2 is 1.80 bits per heavy atom. The van der Waals surface area contributed by atoms with Gasteiger partial charge in [-0.25, -0.2) is 4.98 Å². The minimum atomic E-state index is -0.271. The number of ether oxygens (including phenoxy) is 1. The Labute approximate surface area is 148 Å². The number of nitrogens with two attached hydrogens (primary N) is 1. The molecule has 2 atom stereocenters. The van der Waals surface area contributed by atoms with Gasteiger partial charge in [0.15, 0.2) is 0 Å². The van der Waals surface area contributed by atoms with E-state index in [9.17, 15) is 9.59 Å². The summed E-state index contributed by atoms with van der Waals surface area (Å²) in [4.78, 5) is 32.3. The van der Waals surface area contributed by atoms with Crippen LogP contribution in [0.25, 0.3) is 0 Å². The Kier molecular flexibility index (Phi) is 5.22. The number of pyridine rings is 1. The van der Waals surface area contributed by atoms with Crippen LogP contribution in [0.2, 0.25) is 0 Å². The molecule has 1 aromatic heterocycles. The first kappa shape index (κ1) is 17.7. The third kappa shape index (κ3) is 4.10. The molecule has 2 aliphatic heterocycles. The summed E-state index contributed by atoms with van der Waals surface area (Å²) in [5, 5.41) is 0. The first-order valence-corrected chi connectivity index (χ1v) is 8.89. The molecule has 2 N–H and O–H groups in total. The fourth-order valence-electron chi connectivity index (χ4n) is 3.61. The van der Waals surface area contributed by atoms with Gasteiger partial charge in [-0.15, -0.1) is 0 Å². The number of nitrogens with zero attached hydrogens (tertiary/aromatic N) is 3. The van der Waals surface area contributed by atoms with Crippen molar-refractivity contribution in [1.29, 1.82) is 0 Å². The number of carbonyl (C=O) groups excluding carboxylic acids is 2. The normalized spacial score (nSPS) is 25.0. The van der Waals surface area contributed by atoms with Crippen molar-refractivity contribution in [2.45, 2.75) is 38.9 Å². The molecule has 2 saturated heterocycles. The van der Waals surface area contributed by atoms with Gasteiger partial charge < -0.3 is 20.3 Å². The molecule has 3 heterocycles. The molecule has 25 heavy (non-hydrogen) atoms. The van der Waals surface area contributed by atoms with Crippen molar-refractivity contribution >= 4 is 17.6 Å². The summed E-state index contributed by atoms with van der Waals surface area (Å²) in [5.41, 5.74) is 5.92. The van der Waals surface area contributed by atoms with E-state index in [-0.39, 0.29) is 29.9 Å². The number of morpholine rings is 1. The van der Waals surface area contributed by atoms with Crippen LogP contribution in [0.3, 0.4) is 0 Å². The number of aromatic nitrogens is 1. The fourth-order valence-corrected chi connectivity index (χ4v) is 3.61. The largest absolute Gasteiger partial charge is 0.372 e. The van der Waals surface area contributed by atoms with Crippen LogP contribution in [-0.4, -0.2) is 60.1 Å². The molecule has 2 unspecified atom stereocenters. The van der Waals surface area contributed by atoms with Gasteiger partial charge in [0.1, 0.15) is 5.82 Å². The van der Waals surface area contributed by atoms with E-state index >= 15 is 0 Å². The number of hydrogen-bond acceptors (Lipinski definition) is 5. The first-order chi connectivity index (χ1) is 11.9. The Morgan fingerprint density at radius 1 is 1.16 bits per heavy atom. The zero-order chi connectivity index (χ0) is 18.0. The van der Waals surface area contributed by atoms with Crippen LogP contribution in [-0.2, 0) is 9.53 Å². The molecule has 0 spiro atoms. The smallest absolute Gasteiger partial charge is 0.255 e. The highest BCUT2D eigenvalue weighted by atomic mass is 16.5. The lowest BCUT2D eigenvalue weighted by molar-refractivity contribution is -0.123. The number of primary amides is 1. The van der Waals surface area contributed by atoms with Crippen molar-refractivity contribution in [3.63, 3.8) is 0 Å². The second-order valence-corrected chi connectivity index (χ2v) is 7.04. The van der Waals surface area contributed by atoms with Crippen molar-refractivity contribution in [2.75, 3.05) is 31.1 Å². The average Bonchev–Trinajstić information content (AvgIpc) is 2.60. The Bertz CT molecular complexity index is 616. The number of hydrogen-bond donors (Lipinski definition) is 1. The molecule has 1 aromatic rings. The van der Waals surface area contributed by atoms with Crippen molar-refractivity contribution in [3.8, 4) is 0 Å². The number of piperidine rings is 1. The fraction of sp³-hybridized carbons (Fsp3) is 0.611. The number of carbonyl (C=O) groups is 2. The quantitative estimate of drug-likeness (QED) is 0.883. The van der Waals surface area contributed by atoms with Crippen LogP contribution in [0, 0.1) is 5.92 Å². The molecule has 7 heteroatoms. The lowest BCUT2D eigenvalue weighted by atomic mass is 9.96. The molecule has 2 fully saturated rings. The molecular weight excluding hydrogens is 320 g/mol. The van der Waals surface area contributed by atoms with Gasteiger partial charge in [-0.2, -0.15) is 0 Å². The summed E-state index contributed by atoms with van der Waals surface area (Å²) in [6, 6.07) is 3.73. The van der Waals surface area contributed by atoms with Crippen LogP contribution in [0.4, 0.5) is 5.82 Å². The van der Waals surface area contributed by atoms with E-state index in [1.54, 1.807) is 11.1 Å². The zero-order valence-corrected chi connectivity index (χ0v) is 14.9. The highest BCUT2D eigenvalue weighted by Crippen LogP contribution is 2.21. The summed E-state index contributed by atoms with van der Waals surface area (Å²) in [7, 11) is 0. The highest BCUT2D eigenvalue weighted by molar-refractivity contribution is 5.94. The Balaban J connectivity index is 1.62. The summed E-state index contributed by atoms with van der Waals surface area (Å²) in [6.45, 7) is 6.82. The monoisotopic (exact) mass is 346 g/mol. The van der Waals surface area contributed by atoms with Crippen LogP contribution < -0.4 is 10.6 Å². The maximum atomic E-state index is 12.6. The summed E-state index contributed by atoms with van der Waals surface area (Å²) < 4.78 is 5.74. The topological polar surface area (TPSA) is 88.8 Å². The molecule has 2 aliphatic rings. The molecule has 0 aromatic carbocycles. The SMILES string of the molecule is CC1CN(c2ccc(C(=O)N3CCC(C(N)=O)CC3)cn2)CC(C)O1. The maximum Gasteiger partial charge on any atom is 0.255 e. The van der Waals surface area contributed by atoms with Crippen LogP contribution in [0.5, 0.6) is 0 Å². The predicted molar refractivity (Wildman–Crippen MR) is 94.3 cm³/mol. The van der Waals surface area contributed by atoms with Crippen molar-refractivity contribution in [1.82, 2.24) is 9.88 Å². The number of likely N-dealkylation sites (tertiary alicyclic amines) is 1. The minimum Gasteiger partial charge on any atom is -0.372 e. The number of anilines is 1. The van der Waals surface area contributed by atoms with Crippen molar-refractivity contribution in [2.24, 2.45) is 11.7 Å². The molecule has 0 bridgehead atoms. The summed E-state index contributed by atoms with van der Waals surface area (Å²) in [5.74, 6) is 0.443. The maximum absolute atomic E-state index is 12.6. The predicted octanol–water partition coefficient (Wildman–Crippen LogP) is 1.03. The Morgan fingerprint density at radius 3 is 2.32 bits per heavy atom. The number of amides is 2. The second kappa shape index (κ2) is 7.39. The Hall–Kier alpha value is -2.15. The van der Waals surface area contributed by atoms with Gasteiger partial charge in [0.2, 0.25) is 5.91 Å².